The molecule has 170 valence electrons. The van der Waals surface area contributed by atoms with Crippen LogP contribution in [-0.2, 0) is 14.4 Å². The van der Waals surface area contributed by atoms with E-state index in [0.717, 1.165) is 22.4 Å². The molecule has 0 aliphatic carbocycles. The smallest absolute Gasteiger partial charge is 0.329 e. The fraction of sp³-hybridized carbons (Fsp3) is 0.333. The van der Waals surface area contributed by atoms with E-state index in [0.29, 0.717) is 17.7 Å². The highest BCUT2D eigenvalue weighted by Crippen LogP contribution is 2.22. The maximum Gasteiger partial charge on any atom is 0.329 e. The first kappa shape index (κ1) is 24.6. The number of aryl methyl sites for hydroxylation is 3. The molecule has 2 aromatic rings. The fourth-order valence-electron chi connectivity index (χ4n) is 3.02. The van der Waals surface area contributed by atoms with Gasteiger partial charge in [-0.25, -0.2) is 5.43 Å². The van der Waals surface area contributed by atoms with E-state index >= 15 is 0 Å². The first-order chi connectivity index (χ1) is 15.2. The van der Waals surface area contributed by atoms with Crippen LogP contribution in [0, 0.1) is 20.8 Å². The minimum absolute atomic E-state index is 0.106. The molecular weight excluding hydrogens is 408 g/mol. The third-order valence-corrected chi connectivity index (χ3v) is 4.79. The highest BCUT2D eigenvalue weighted by atomic mass is 16.5. The third-order valence-electron chi connectivity index (χ3n) is 4.79. The zero-order chi connectivity index (χ0) is 23.7. The number of hydrogen-bond donors (Lipinski definition) is 3. The van der Waals surface area contributed by atoms with Crippen LogP contribution in [0.3, 0.4) is 0 Å². The van der Waals surface area contributed by atoms with Crippen LogP contribution in [0.15, 0.2) is 41.5 Å². The molecule has 0 fully saturated rings. The van der Waals surface area contributed by atoms with Crippen molar-refractivity contribution in [2.75, 3.05) is 11.9 Å². The molecule has 0 bridgehead atoms. The molecule has 0 unspecified atom stereocenters. The monoisotopic (exact) mass is 438 g/mol. The molecule has 1 atom stereocenters. The van der Waals surface area contributed by atoms with E-state index in [2.05, 4.69) is 21.2 Å². The number of amides is 3. The summed E-state index contributed by atoms with van der Waals surface area (Å²) in [5.74, 6) is -1.48. The first-order valence-corrected chi connectivity index (χ1v) is 10.4. The fourth-order valence-corrected chi connectivity index (χ4v) is 3.02. The van der Waals surface area contributed by atoms with E-state index < -0.39 is 11.8 Å². The summed E-state index contributed by atoms with van der Waals surface area (Å²) in [6, 6.07) is 10.8. The molecule has 0 saturated carbocycles. The third kappa shape index (κ3) is 7.23. The summed E-state index contributed by atoms with van der Waals surface area (Å²) in [6.07, 6.45) is 2.07. The van der Waals surface area contributed by atoms with Crippen molar-refractivity contribution in [2.24, 2.45) is 5.10 Å². The zero-order valence-electron chi connectivity index (χ0n) is 19.1. The van der Waals surface area contributed by atoms with Crippen molar-refractivity contribution in [1.29, 1.82) is 0 Å². The van der Waals surface area contributed by atoms with Crippen molar-refractivity contribution in [3.05, 3.63) is 58.7 Å². The van der Waals surface area contributed by atoms with Gasteiger partial charge < -0.3 is 15.4 Å². The summed E-state index contributed by atoms with van der Waals surface area (Å²) < 4.78 is 5.65. The number of hydrazone groups is 1. The van der Waals surface area contributed by atoms with E-state index in [1.165, 1.54) is 6.21 Å². The molecule has 0 aliphatic rings. The van der Waals surface area contributed by atoms with Crippen LogP contribution in [0.1, 0.15) is 42.5 Å². The van der Waals surface area contributed by atoms with Gasteiger partial charge in [0.25, 0.3) is 5.91 Å². The molecule has 0 saturated heterocycles. The lowest BCUT2D eigenvalue weighted by Crippen LogP contribution is -2.41. The van der Waals surface area contributed by atoms with Crippen molar-refractivity contribution in [1.82, 2.24) is 10.7 Å². The molecule has 0 aromatic heterocycles. The number of benzene rings is 2. The SMILES string of the molecule is CC[C@H](C)NC(=O)C(=O)N/N=C\c1ccccc1OCC(=O)Nc1c(C)cc(C)cc1C. The Morgan fingerprint density at radius 3 is 2.38 bits per heavy atom. The summed E-state index contributed by atoms with van der Waals surface area (Å²) >= 11 is 0. The number of anilines is 1. The maximum atomic E-state index is 12.4. The number of para-hydroxylation sites is 1. The summed E-state index contributed by atoms with van der Waals surface area (Å²) in [6.45, 7) is 9.41. The van der Waals surface area contributed by atoms with Gasteiger partial charge in [-0.05, 0) is 57.4 Å². The van der Waals surface area contributed by atoms with E-state index in [4.69, 9.17) is 4.74 Å². The number of nitrogens with zero attached hydrogens (tertiary/aromatic N) is 1. The van der Waals surface area contributed by atoms with Gasteiger partial charge in [0.1, 0.15) is 5.75 Å². The minimum Gasteiger partial charge on any atom is -0.483 e. The second-order valence-electron chi connectivity index (χ2n) is 7.63. The van der Waals surface area contributed by atoms with Crippen LogP contribution < -0.4 is 20.8 Å². The Morgan fingerprint density at radius 1 is 1.06 bits per heavy atom. The van der Waals surface area contributed by atoms with Gasteiger partial charge in [0.05, 0.1) is 6.21 Å². The van der Waals surface area contributed by atoms with Gasteiger partial charge in [0, 0.05) is 17.3 Å². The Labute approximate surface area is 188 Å². The van der Waals surface area contributed by atoms with Gasteiger partial charge in [-0.2, -0.15) is 5.10 Å². The normalized spacial score (nSPS) is 11.7. The average molecular weight is 439 g/mol. The van der Waals surface area contributed by atoms with Gasteiger partial charge in [-0.15, -0.1) is 0 Å². The zero-order valence-corrected chi connectivity index (χ0v) is 19.1. The van der Waals surface area contributed by atoms with Crippen molar-refractivity contribution in [3.8, 4) is 5.75 Å². The predicted molar refractivity (Wildman–Crippen MR) is 125 cm³/mol. The van der Waals surface area contributed by atoms with Crippen LogP contribution in [0.2, 0.25) is 0 Å². The summed E-state index contributed by atoms with van der Waals surface area (Å²) in [4.78, 5) is 36.0. The number of ether oxygens (including phenoxy) is 1. The Morgan fingerprint density at radius 2 is 1.72 bits per heavy atom. The lowest BCUT2D eigenvalue weighted by atomic mass is 10.1. The van der Waals surface area contributed by atoms with E-state index in [1.54, 1.807) is 31.2 Å². The maximum absolute atomic E-state index is 12.4. The second-order valence-corrected chi connectivity index (χ2v) is 7.63. The molecular formula is C24H30N4O4. The van der Waals surface area contributed by atoms with Gasteiger partial charge in [-0.1, -0.05) is 36.8 Å². The van der Waals surface area contributed by atoms with Crippen molar-refractivity contribution in [2.45, 2.75) is 47.1 Å². The lowest BCUT2D eigenvalue weighted by molar-refractivity contribution is -0.139. The number of carbonyl (C=O) groups excluding carboxylic acids is 3. The molecule has 8 heteroatoms. The average Bonchev–Trinajstić information content (AvgIpc) is 2.75. The molecule has 0 radical (unpaired) electrons. The highest BCUT2D eigenvalue weighted by Gasteiger charge is 2.14. The number of carbonyl (C=O) groups is 3. The van der Waals surface area contributed by atoms with Gasteiger partial charge in [0.15, 0.2) is 6.61 Å². The second kappa shape index (κ2) is 11.6. The predicted octanol–water partition coefficient (Wildman–Crippen LogP) is 2.99. The Hall–Kier alpha value is -3.68. The Balaban J connectivity index is 1.96. The molecule has 2 aromatic carbocycles. The molecule has 0 heterocycles. The van der Waals surface area contributed by atoms with Gasteiger partial charge in [-0.3, -0.25) is 14.4 Å². The topological polar surface area (TPSA) is 109 Å². The van der Waals surface area contributed by atoms with Crippen LogP contribution in [0.25, 0.3) is 0 Å². The van der Waals surface area contributed by atoms with Gasteiger partial charge >= 0.3 is 11.8 Å². The molecule has 0 spiro atoms. The Kier molecular flexibility index (Phi) is 8.95. The van der Waals surface area contributed by atoms with Crippen LogP contribution in [0.4, 0.5) is 5.69 Å². The number of nitrogens with one attached hydrogen (secondary N) is 3. The largest absolute Gasteiger partial charge is 0.483 e. The van der Waals surface area contributed by atoms with Crippen molar-refractivity contribution in [3.63, 3.8) is 0 Å². The first-order valence-electron chi connectivity index (χ1n) is 10.4. The van der Waals surface area contributed by atoms with Crippen LogP contribution in [-0.4, -0.2) is 36.6 Å². The molecule has 3 amide bonds. The molecule has 3 N–H and O–H groups in total. The van der Waals surface area contributed by atoms with E-state index in [1.807, 2.05) is 39.8 Å². The van der Waals surface area contributed by atoms with Crippen LogP contribution in [0.5, 0.6) is 5.75 Å². The van der Waals surface area contributed by atoms with E-state index in [9.17, 15) is 14.4 Å². The summed E-state index contributed by atoms with van der Waals surface area (Å²) in [7, 11) is 0. The molecule has 0 aliphatic heterocycles. The van der Waals surface area contributed by atoms with Crippen molar-refractivity contribution >= 4 is 29.6 Å². The molecule has 32 heavy (non-hydrogen) atoms. The lowest BCUT2D eigenvalue weighted by Gasteiger charge is -2.14. The molecule has 2 rings (SSSR count). The molecule has 8 nitrogen and oxygen atoms in total. The number of hydrogen-bond acceptors (Lipinski definition) is 5. The Bertz CT molecular complexity index is 994. The highest BCUT2D eigenvalue weighted by molar-refractivity contribution is 6.35. The standard InChI is InChI=1S/C24H30N4O4/c1-6-18(5)26-23(30)24(31)28-25-13-19-9-7-8-10-20(19)32-14-21(29)27-22-16(3)11-15(2)12-17(22)4/h7-13,18H,6,14H2,1-5H3,(H,26,30)(H,27,29)(H,28,31)/b25-13-/t18-/m0/s1. The number of rotatable bonds is 8. The summed E-state index contributed by atoms with van der Waals surface area (Å²) in [5, 5.41) is 9.26. The van der Waals surface area contributed by atoms with Crippen LogP contribution >= 0.6 is 0 Å². The summed E-state index contributed by atoms with van der Waals surface area (Å²) in [5.41, 5.74) is 6.61. The van der Waals surface area contributed by atoms with Crippen molar-refractivity contribution < 1.29 is 19.1 Å². The van der Waals surface area contributed by atoms with E-state index in [-0.39, 0.29) is 18.6 Å². The quantitative estimate of drug-likeness (QED) is 0.334. The minimum atomic E-state index is -0.858. The van der Waals surface area contributed by atoms with Gasteiger partial charge in [0.2, 0.25) is 0 Å².